The number of esters is 1. The second kappa shape index (κ2) is 9.87. The van der Waals surface area contributed by atoms with Gasteiger partial charge in [-0.25, -0.2) is 0 Å². The number of benzene rings is 2. The highest BCUT2D eigenvalue weighted by Gasteiger charge is 2.10. The standard InChI is InChI=1S/C20H23NO4S/c1-4-24-17-8-6-16(7-9-17)21-19(22)12-25-20(23)13-26-18-10-5-14(2)11-15(18)3/h5-11H,4,12-13H2,1-3H3,(H,21,22). The van der Waals surface area contributed by atoms with Crippen molar-refractivity contribution in [2.45, 2.75) is 25.7 Å². The highest BCUT2D eigenvalue weighted by molar-refractivity contribution is 8.00. The van der Waals surface area contributed by atoms with E-state index >= 15 is 0 Å². The number of hydrogen-bond acceptors (Lipinski definition) is 5. The number of amides is 1. The molecule has 1 amide bonds. The fourth-order valence-electron chi connectivity index (χ4n) is 2.28. The lowest BCUT2D eigenvalue weighted by molar-refractivity contribution is -0.144. The molecule has 1 N–H and O–H groups in total. The van der Waals surface area contributed by atoms with Crippen LogP contribution in [0.3, 0.4) is 0 Å². The van der Waals surface area contributed by atoms with Crippen molar-refractivity contribution < 1.29 is 19.1 Å². The normalized spacial score (nSPS) is 10.3. The van der Waals surface area contributed by atoms with E-state index in [2.05, 4.69) is 11.4 Å². The van der Waals surface area contributed by atoms with Crippen LogP contribution in [0.2, 0.25) is 0 Å². The Bertz CT molecular complexity index is 759. The Morgan fingerprint density at radius 2 is 1.81 bits per heavy atom. The van der Waals surface area contributed by atoms with Gasteiger partial charge in [-0.15, -0.1) is 11.8 Å². The second-order valence-corrected chi connectivity index (χ2v) is 6.74. The monoisotopic (exact) mass is 373 g/mol. The highest BCUT2D eigenvalue weighted by atomic mass is 32.2. The first-order chi connectivity index (χ1) is 12.5. The fraction of sp³-hybridized carbons (Fsp3) is 0.300. The zero-order valence-electron chi connectivity index (χ0n) is 15.2. The van der Waals surface area contributed by atoms with E-state index in [-0.39, 0.29) is 18.3 Å². The third kappa shape index (κ3) is 6.44. The number of ether oxygens (including phenoxy) is 2. The van der Waals surface area contributed by atoms with Crippen molar-refractivity contribution in [2.24, 2.45) is 0 Å². The quantitative estimate of drug-likeness (QED) is 0.560. The molecule has 0 aliphatic carbocycles. The summed E-state index contributed by atoms with van der Waals surface area (Å²) in [7, 11) is 0. The number of carbonyl (C=O) groups excluding carboxylic acids is 2. The van der Waals surface area contributed by atoms with Crippen LogP contribution >= 0.6 is 11.8 Å². The number of rotatable bonds is 8. The molecule has 5 nitrogen and oxygen atoms in total. The van der Waals surface area contributed by atoms with E-state index in [1.54, 1.807) is 24.3 Å². The van der Waals surface area contributed by atoms with Crippen molar-refractivity contribution in [1.29, 1.82) is 0 Å². The number of hydrogen-bond donors (Lipinski definition) is 1. The lowest BCUT2D eigenvalue weighted by atomic mass is 10.2. The van der Waals surface area contributed by atoms with E-state index in [4.69, 9.17) is 9.47 Å². The molecule has 0 atom stereocenters. The van der Waals surface area contributed by atoms with Gasteiger partial charge < -0.3 is 14.8 Å². The molecule has 0 aliphatic heterocycles. The summed E-state index contributed by atoms with van der Waals surface area (Å²) in [6, 6.07) is 13.1. The molecule has 2 aromatic rings. The molecule has 26 heavy (non-hydrogen) atoms. The molecule has 0 aromatic heterocycles. The van der Waals surface area contributed by atoms with E-state index in [1.165, 1.54) is 17.3 Å². The number of anilines is 1. The molecule has 0 unspecified atom stereocenters. The van der Waals surface area contributed by atoms with Crippen LogP contribution in [0.1, 0.15) is 18.1 Å². The molecule has 0 aliphatic rings. The Morgan fingerprint density at radius 1 is 1.08 bits per heavy atom. The Labute approximate surface area is 158 Å². The van der Waals surface area contributed by atoms with Crippen LogP contribution in [0.5, 0.6) is 5.75 Å². The molecule has 6 heteroatoms. The van der Waals surface area contributed by atoms with E-state index in [0.717, 1.165) is 16.2 Å². The van der Waals surface area contributed by atoms with Gasteiger partial charge in [0.15, 0.2) is 6.61 Å². The van der Waals surface area contributed by atoms with Crippen LogP contribution in [-0.2, 0) is 14.3 Å². The van der Waals surface area contributed by atoms with Gasteiger partial charge >= 0.3 is 5.97 Å². The van der Waals surface area contributed by atoms with Crippen molar-refractivity contribution in [3.8, 4) is 5.75 Å². The van der Waals surface area contributed by atoms with Crippen molar-refractivity contribution in [3.05, 3.63) is 53.6 Å². The Morgan fingerprint density at radius 3 is 2.46 bits per heavy atom. The molecule has 0 bridgehead atoms. The minimum Gasteiger partial charge on any atom is -0.494 e. The van der Waals surface area contributed by atoms with Crippen LogP contribution < -0.4 is 10.1 Å². The molecule has 0 radical (unpaired) electrons. The molecule has 0 spiro atoms. The molecule has 0 heterocycles. The molecule has 2 rings (SSSR count). The number of aryl methyl sites for hydroxylation is 2. The van der Waals surface area contributed by atoms with Gasteiger partial charge in [0.05, 0.1) is 12.4 Å². The zero-order valence-corrected chi connectivity index (χ0v) is 16.0. The Balaban J connectivity index is 1.73. The predicted octanol–water partition coefficient (Wildman–Crippen LogP) is 3.98. The predicted molar refractivity (Wildman–Crippen MR) is 104 cm³/mol. The summed E-state index contributed by atoms with van der Waals surface area (Å²) in [5.41, 5.74) is 2.93. The fourth-order valence-corrected chi connectivity index (χ4v) is 3.09. The summed E-state index contributed by atoms with van der Waals surface area (Å²) >= 11 is 1.41. The molecule has 2 aromatic carbocycles. The summed E-state index contributed by atoms with van der Waals surface area (Å²) in [6.45, 7) is 6.22. The maximum Gasteiger partial charge on any atom is 0.316 e. The van der Waals surface area contributed by atoms with Gasteiger partial charge in [-0.3, -0.25) is 9.59 Å². The average molecular weight is 373 g/mol. The maximum atomic E-state index is 11.9. The van der Waals surface area contributed by atoms with E-state index in [9.17, 15) is 9.59 Å². The van der Waals surface area contributed by atoms with E-state index < -0.39 is 5.97 Å². The van der Waals surface area contributed by atoms with Gasteiger partial charge in [-0.05, 0) is 56.7 Å². The van der Waals surface area contributed by atoms with Gasteiger partial charge in [-0.2, -0.15) is 0 Å². The minimum absolute atomic E-state index is 0.167. The summed E-state index contributed by atoms with van der Waals surface area (Å²) in [5, 5.41) is 2.68. The van der Waals surface area contributed by atoms with Gasteiger partial charge in [0.1, 0.15) is 5.75 Å². The first kappa shape index (κ1) is 19.8. The largest absolute Gasteiger partial charge is 0.494 e. The molecule has 0 saturated heterocycles. The number of thioether (sulfide) groups is 1. The van der Waals surface area contributed by atoms with Gasteiger partial charge in [-0.1, -0.05) is 17.7 Å². The second-order valence-electron chi connectivity index (χ2n) is 5.72. The van der Waals surface area contributed by atoms with E-state index in [0.29, 0.717) is 12.3 Å². The third-order valence-corrected chi connectivity index (χ3v) is 4.64. The van der Waals surface area contributed by atoms with Gasteiger partial charge in [0.2, 0.25) is 0 Å². The van der Waals surface area contributed by atoms with Gasteiger partial charge in [0, 0.05) is 10.6 Å². The maximum absolute atomic E-state index is 11.9. The zero-order chi connectivity index (χ0) is 18.9. The van der Waals surface area contributed by atoms with Crippen molar-refractivity contribution in [1.82, 2.24) is 0 Å². The van der Waals surface area contributed by atoms with Crippen molar-refractivity contribution in [3.63, 3.8) is 0 Å². The van der Waals surface area contributed by atoms with Gasteiger partial charge in [0.25, 0.3) is 5.91 Å². The first-order valence-electron chi connectivity index (χ1n) is 8.36. The number of nitrogens with one attached hydrogen (secondary N) is 1. The lowest BCUT2D eigenvalue weighted by Gasteiger charge is -2.09. The first-order valence-corrected chi connectivity index (χ1v) is 9.35. The summed E-state index contributed by atoms with van der Waals surface area (Å²) in [4.78, 5) is 24.7. The molecule has 0 fully saturated rings. The average Bonchev–Trinajstić information content (AvgIpc) is 2.61. The molecular weight excluding hydrogens is 350 g/mol. The van der Waals surface area contributed by atoms with Crippen LogP contribution in [-0.4, -0.2) is 30.8 Å². The minimum atomic E-state index is -0.420. The summed E-state index contributed by atoms with van der Waals surface area (Å²) < 4.78 is 10.4. The van der Waals surface area contributed by atoms with Crippen LogP contribution in [0.4, 0.5) is 5.69 Å². The van der Waals surface area contributed by atoms with Crippen molar-refractivity contribution in [2.75, 3.05) is 24.3 Å². The molecule has 138 valence electrons. The van der Waals surface area contributed by atoms with Crippen LogP contribution in [0.25, 0.3) is 0 Å². The SMILES string of the molecule is CCOc1ccc(NC(=O)COC(=O)CSc2ccc(C)cc2C)cc1. The topological polar surface area (TPSA) is 64.6 Å². The Kier molecular flexibility index (Phi) is 7.53. The highest BCUT2D eigenvalue weighted by Crippen LogP contribution is 2.23. The number of carbonyl (C=O) groups is 2. The van der Waals surface area contributed by atoms with Crippen LogP contribution in [0.15, 0.2) is 47.4 Å². The third-order valence-electron chi connectivity index (χ3n) is 3.49. The smallest absolute Gasteiger partial charge is 0.316 e. The molecular formula is C20H23NO4S. The Hall–Kier alpha value is -2.47. The lowest BCUT2D eigenvalue weighted by Crippen LogP contribution is -2.21. The van der Waals surface area contributed by atoms with E-state index in [1.807, 2.05) is 32.9 Å². The van der Waals surface area contributed by atoms with Crippen molar-refractivity contribution >= 4 is 29.3 Å². The summed E-state index contributed by atoms with van der Waals surface area (Å²) in [6.07, 6.45) is 0. The molecule has 0 saturated carbocycles. The van der Waals surface area contributed by atoms with Crippen LogP contribution in [0, 0.1) is 13.8 Å². The summed E-state index contributed by atoms with van der Waals surface area (Å²) in [5.74, 6) is 0.108.